The standard InChI is InChI=1S/C18H18N2O/c19-13-15-5-7-18(8-6-15)21-12-11-20-10-9-16-3-1-2-4-17(16)14-20/h1-8H,9-12,14H2/p+1. The lowest BCUT2D eigenvalue weighted by atomic mass is 10.0. The molecular formula is C18H19N2O+. The van der Waals surface area contributed by atoms with Crippen LogP contribution in [0.3, 0.4) is 0 Å². The minimum atomic E-state index is 0.667. The van der Waals surface area contributed by atoms with Crippen molar-refractivity contribution in [3.63, 3.8) is 0 Å². The fourth-order valence-electron chi connectivity index (χ4n) is 2.80. The monoisotopic (exact) mass is 279 g/mol. The molecule has 2 aromatic rings. The van der Waals surface area contributed by atoms with E-state index in [9.17, 15) is 0 Å². The quantitative estimate of drug-likeness (QED) is 0.922. The Morgan fingerprint density at radius 3 is 2.57 bits per heavy atom. The summed E-state index contributed by atoms with van der Waals surface area (Å²) in [7, 11) is 0. The van der Waals surface area contributed by atoms with Gasteiger partial charge in [0.15, 0.2) is 0 Å². The molecule has 1 atom stereocenters. The highest BCUT2D eigenvalue weighted by molar-refractivity contribution is 5.34. The van der Waals surface area contributed by atoms with Crippen LogP contribution >= 0.6 is 0 Å². The molecule has 21 heavy (non-hydrogen) atoms. The van der Waals surface area contributed by atoms with Crippen LogP contribution in [0.5, 0.6) is 5.75 Å². The number of rotatable bonds is 4. The zero-order chi connectivity index (χ0) is 14.5. The van der Waals surface area contributed by atoms with Gasteiger partial charge in [0.25, 0.3) is 0 Å². The maximum Gasteiger partial charge on any atom is 0.137 e. The molecule has 1 heterocycles. The number of hydrogen-bond donors (Lipinski definition) is 1. The molecule has 2 aromatic carbocycles. The van der Waals surface area contributed by atoms with Crippen molar-refractivity contribution >= 4 is 0 Å². The van der Waals surface area contributed by atoms with Crippen LogP contribution in [0.2, 0.25) is 0 Å². The molecule has 0 fully saturated rings. The van der Waals surface area contributed by atoms with Gasteiger partial charge in [0.05, 0.1) is 18.2 Å². The minimum Gasteiger partial charge on any atom is -0.488 e. The van der Waals surface area contributed by atoms with Gasteiger partial charge < -0.3 is 9.64 Å². The lowest BCUT2D eigenvalue weighted by Gasteiger charge is -2.25. The lowest BCUT2D eigenvalue weighted by Crippen LogP contribution is -3.12. The van der Waals surface area contributed by atoms with E-state index < -0.39 is 0 Å². The first kappa shape index (κ1) is 13.7. The molecule has 0 radical (unpaired) electrons. The smallest absolute Gasteiger partial charge is 0.137 e. The Morgan fingerprint density at radius 1 is 1.05 bits per heavy atom. The number of hydrogen-bond acceptors (Lipinski definition) is 2. The third kappa shape index (κ3) is 3.42. The summed E-state index contributed by atoms with van der Waals surface area (Å²) in [6, 6.07) is 18.1. The SMILES string of the molecule is N#Cc1ccc(OCC[NH+]2CCc3ccccc3C2)cc1. The zero-order valence-electron chi connectivity index (χ0n) is 12.0. The van der Waals surface area contributed by atoms with Gasteiger partial charge in [0.1, 0.15) is 25.4 Å². The highest BCUT2D eigenvalue weighted by Gasteiger charge is 2.18. The molecule has 0 spiro atoms. The number of quaternary nitrogens is 1. The van der Waals surface area contributed by atoms with Crippen molar-refractivity contribution < 1.29 is 9.64 Å². The van der Waals surface area contributed by atoms with Gasteiger partial charge in [-0.25, -0.2) is 0 Å². The van der Waals surface area contributed by atoms with Gasteiger partial charge in [0, 0.05) is 12.0 Å². The van der Waals surface area contributed by atoms with E-state index in [0.717, 1.165) is 25.3 Å². The lowest BCUT2D eigenvalue weighted by molar-refractivity contribution is -0.915. The Morgan fingerprint density at radius 2 is 1.81 bits per heavy atom. The zero-order valence-corrected chi connectivity index (χ0v) is 12.0. The summed E-state index contributed by atoms with van der Waals surface area (Å²) >= 11 is 0. The average Bonchev–Trinajstić information content (AvgIpc) is 2.55. The molecule has 1 N–H and O–H groups in total. The van der Waals surface area contributed by atoms with Crippen molar-refractivity contribution in [2.45, 2.75) is 13.0 Å². The van der Waals surface area contributed by atoms with Crippen LogP contribution in [0.25, 0.3) is 0 Å². The van der Waals surface area contributed by atoms with Crippen molar-refractivity contribution in [1.29, 1.82) is 5.26 Å². The van der Waals surface area contributed by atoms with Crippen LogP contribution in [0, 0.1) is 11.3 Å². The van der Waals surface area contributed by atoms with E-state index in [-0.39, 0.29) is 0 Å². The average molecular weight is 279 g/mol. The number of nitrogens with one attached hydrogen (secondary N) is 1. The number of benzene rings is 2. The summed E-state index contributed by atoms with van der Waals surface area (Å²) in [5.74, 6) is 0.839. The second-order valence-electron chi connectivity index (χ2n) is 5.43. The molecule has 0 saturated heterocycles. The van der Waals surface area contributed by atoms with E-state index >= 15 is 0 Å². The Bertz CT molecular complexity index is 643. The second kappa shape index (κ2) is 6.43. The van der Waals surface area contributed by atoms with E-state index in [1.54, 1.807) is 17.0 Å². The second-order valence-corrected chi connectivity index (χ2v) is 5.43. The van der Waals surface area contributed by atoms with Crippen molar-refractivity contribution in [1.82, 2.24) is 0 Å². The van der Waals surface area contributed by atoms with Crippen LogP contribution in [-0.2, 0) is 13.0 Å². The van der Waals surface area contributed by atoms with E-state index in [1.165, 1.54) is 17.7 Å². The first-order chi connectivity index (χ1) is 10.3. The Kier molecular flexibility index (Phi) is 4.18. The fourth-order valence-corrected chi connectivity index (χ4v) is 2.80. The fraction of sp³-hybridized carbons (Fsp3) is 0.278. The highest BCUT2D eigenvalue weighted by Crippen LogP contribution is 2.12. The van der Waals surface area contributed by atoms with E-state index in [0.29, 0.717) is 12.2 Å². The van der Waals surface area contributed by atoms with Crippen molar-refractivity contribution in [3.8, 4) is 11.8 Å². The third-order valence-corrected chi connectivity index (χ3v) is 4.01. The number of nitrogens with zero attached hydrogens (tertiary/aromatic N) is 1. The molecule has 1 unspecified atom stereocenters. The molecule has 0 saturated carbocycles. The topological polar surface area (TPSA) is 37.5 Å². The number of fused-ring (bicyclic) bond motifs is 1. The summed E-state index contributed by atoms with van der Waals surface area (Å²) < 4.78 is 5.77. The summed E-state index contributed by atoms with van der Waals surface area (Å²) in [6.07, 6.45) is 1.16. The highest BCUT2D eigenvalue weighted by atomic mass is 16.5. The molecule has 0 bridgehead atoms. The van der Waals surface area contributed by atoms with Gasteiger partial charge in [-0.05, 0) is 29.8 Å². The largest absolute Gasteiger partial charge is 0.488 e. The van der Waals surface area contributed by atoms with Crippen LogP contribution in [0.1, 0.15) is 16.7 Å². The molecular weight excluding hydrogens is 260 g/mol. The molecule has 1 aliphatic heterocycles. The van der Waals surface area contributed by atoms with Crippen LogP contribution < -0.4 is 9.64 Å². The molecule has 106 valence electrons. The maximum atomic E-state index is 8.76. The van der Waals surface area contributed by atoms with Gasteiger partial charge in [-0.15, -0.1) is 0 Å². The Balaban J connectivity index is 1.49. The predicted molar refractivity (Wildman–Crippen MR) is 81.2 cm³/mol. The molecule has 0 aliphatic carbocycles. The van der Waals surface area contributed by atoms with Gasteiger partial charge in [-0.2, -0.15) is 5.26 Å². The third-order valence-electron chi connectivity index (χ3n) is 4.01. The van der Waals surface area contributed by atoms with Crippen molar-refractivity contribution in [3.05, 3.63) is 65.2 Å². The van der Waals surface area contributed by atoms with Crippen LogP contribution in [-0.4, -0.2) is 19.7 Å². The van der Waals surface area contributed by atoms with Gasteiger partial charge >= 0.3 is 0 Å². The Labute approximate surface area is 125 Å². The predicted octanol–water partition coefficient (Wildman–Crippen LogP) is 1.58. The summed E-state index contributed by atoms with van der Waals surface area (Å²) in [5.41, 5.74) is 3.63. The van der Waals surface area contributed by atoms with Gasteiger partial charge in [-0.1, -0.05) is 24.3 Å². The summed E-state index contributed by atoms with van der Waals surface area (Å²) in [6.45, 7) is 3.98. The summed E-state index contributed by atoms with van der Waals surface area (Å²) in [4.78, 5) is 1.57. The number of ether oxygens (including phenoxy) is 1. The molecule has 3 nitrogen and oxygen atoms in total. The molecule has 3 rings (SSSR count). The van der Waals surface area contributed by atoms with E-state index in [1.807, 2.05) is 12.1 Å². The summed E-state index contributed by atoms with van der Waals surface area (Å²) in [5, 5.41) is 8.76. The van der Waals surface area contributed by atoms with Crippen molar-refractivity contribution in [2.24, 2.45) is 0 Å². The van der Waals surface area contributed by atoms with E-state index in [4.69, 9.17) is 10.00 Å². The normalized spacial score (nSPS) is 16.8. The maximum absolute atomic E-state index is 8.76. The van der Waals surface area contributed by atoms with Crippen LogP contribution in [0.4, 0.5) is 0 Å². The first-order valence-corrected chi connectivity index (χ1v) is 7.38. The number of nitriles is 1. The first-order valence-electron chi connectivity index (χ1n) is 7.38. The minimum absolute atomic E-state index is 0.667. The molecule has 0 amide bonds. The molecule has 1 aliphatic rings. The van der Waals surface area contributed by atoms with E-state index in [2.05, 4.69) is 30.3 Å². The van der Waals surface area contributed by atoms with Crippen LogP contribution in [0.15, 0.2) is 48.5 Å². The van der Waals surface area contributed by atoms with Crippen molar-refractivity contribution in [2.75, 3.05) is 19.7 Å². The molecule has 0 aromatic heterocycles. The van der Waals surface area contributed by atoms with Gasteiger partial charge in [-0.3, -0.25) is 0 Å². The Hall–Kier alpha value is -2.31. The van der Waals surface area contributed by atoms with Gasteiger partial charge in [0.2, 0.25) is 0 Å². The molecule has 3 heteroatoms.